The molecule has 4 heteroatoms. The topological polar surface area (TPSA) is 41.6 Å². The Morgan fingerprint density at radius 2 is 2.00 bits per heavy atom. The number of methoxy groups -OCH3 is 1. The number of hydrogen-bond acceptors (Lipinski definition) is 4. The van der Waals surface area contributed by atoms with Gasteiger partial charge in [-0.05, 0) is 33.0 Å². The molecule has 0 amide bonds. The van der Waals surface area contributed by atoms with Crippen molar-refractivity contribution in [3.05, 3.63) is 0 Å². The van der Waals surface area contributed by atoms with E-state index in [9.17, 15) is 4.79 Å². The lowest BCUT2D eigenvalue weighted by Gasteiger charge is -2.33. The molecular weight excluding hydrogens is 204 g/mol. The summed E-state index contributed by atoms with van der Waals surface area (Å²) < 4.78 is 4.86. The number of carbonyl (C=O) groups is 1. The van der Waals surface area contributed by atoms with E-state index in [4.69, 9.17) is 4.74 Å². The second-order valence-corrected chi connectivity index (χ2v) is 4.22. The van der Waals surface area contributed by atoms with Crippen LogP contribution in [0.25, 0.3) is 0 Å². The Kier molecular flexibility index (Phi) is 7.34. The van der Waals surface area contributed by atoms with Gasteiger partial charge < -0.3 is 15.0 Å². The number of likely N-dealkylation sites (N-methyl/N-ethyl adjacent to an activating group) is 2. The lowest BCUT2D eigenvalue weighted by atomic mass is 10.0. The van der Waals surface area contributed by atoms with E-state index >= 15 is 0 Å². The first kappa shape index (κ1) is 15.4. The Balaban J connectivity index is 4.57. The summed E-state index contributed by atoms with van der Waals surface area (Å²) in [4.78, 5) is 14.0. The first-order valence-corrected chi connectivity index (χ1v) is 6.09. The molecule has 0 aromatic heterocycles. The van der Waals surface area contributed by atoms with E-state index in [-0.39, 0.29) is 5.97 Å². The fourth-order valence-electron chi connectivity index (χ4n) is 1.92. The summed E-state index contributed by atoms with van der Waals surface area (Å²) in [5.74, 6) is -0.191. The van der Waals surface area contributed by atoms with Gasteiger partial charge in [-0.2, -0.15) is 0 Å². The molecule has 0 rings (SSSR count). The SMILES string of the molecule is CCCN(CC)CC(C)(NCC)C(=O)OC. The summed E-state index contributed by atoms with van der Waals surface area (Å²) in [6.45, 7) is 11.6. The van der Waals surface area contributed by atoms with Crippen LogP contribution >= 0.6 is 0 Å². The van der Waals surface area contributed by atoms with E-state index in [1.165, 1.54) is 7.11 Å². The molecule has 0 aliphatic heterocycles. The molecule has 0 spiro atoms. The maximum atomic E-state index is 11.8. The summed E-state index contributed by atoms with van der Waals surface area (Å²) in [5, 5.41) is 3.22. The van der Waals surface area contributed by atoms with Gasteiger partial charge in [-0.3, -0.25) is 4.79 Å². The Hall–Kier alpha value is -0.610. The molecule has 0 radical (unpaired) electrons. The molecule has 1 atom stereocenters. The molecule has 0 aliphatic rings. The number of esters is 1. The third-order valence-electron chi connectivity index (χ3n) is 2.73. The Bertz CT molecular complexity index is 209. The van der Waals surface area contributed by atoms with Gasteiger partial charge >= 0.3 is 5.97 Å². The van der Waals surface area contributed by atoms with Crippen LogP contribution < -0.4 is 5.32 Å². The van der Waals surface area contributed by atoms with Gasteiger partial charge in [0.1, 0.15) is 5.54 Å². The minimum atomic E-state index is -0.602. The molecule has 96 valence electrons. The van der Waals surface area contributed by atoms with Gasteiger partial charge in [-0.15, -0.1) is 0 Å². The normalized spacial score (nSPS) is 14.9. The van der Waals surface area contributed by atoms with Crippen LogP contribution in [0.2, 0.25) is 0 Å². The minimum Gasteiger partial charge on any atom is -0.468 e. The molecule has 0 aromatic rings. The molecule has 0 aromatic carbocycles. The van der Waals surface area contributed by atoms with Crippen LogP contribution in [0, 0.1) is 0 Å². The number of hydrogen-bond donors (Lipinski definition) is 1. The zero-order valence-corrected chi connectivity index (χ0v) is 11.3. The lowest BCUT2D eigenvalue weighted by Crippen LogP contribution is -2.57. The number of carbonyl (C=O) groups excluding carboxylic acids is 1. The van der Waals surface area contributed by atoms with Crippen LogP contribution in [0.5, 0.6) is 0 Å². The maximum absolute atomic E-state index is 11.8. The van der Waals surface area contributed by atoms with Gasteiger partial charge in [0.2, 0.25) is 0 Å². The van der Waals surface area contributed by atoms with E-state index < -0.39 is 5.54 Å². The average molecular weight is 230 g/mol. The van der Waals surface area contributed by atoms with E-state index in [0.717, 1.165) is 26.1 Å². The highest BCUT2D eigenvalue weighted by Crippen LogP contribution is 2.09. The third-order valence-corrected chi connectivity index (χ3v) is 2.73. The van der Waals surface area contributed by atoms with Crippen molar-refractivity contribution in [3.8, 4) is 0 Å². The van der Waals surface area contributed by atoms with Crippen molar-refractivity contribution in [1.29, 1.82) is 0 Å². The second kappa shape index (κ2) is 7.63. The van der Waals surface area contributed by atoms with Crippen LogP contribution in [0.15, 0.2) is 0 Å². The van der Waals surface area contributed by atoms with Crippen molar-refractivity contribution in [2.75, 3.05) is 33.3 Å². The summed E-state index contributed by atoms with van der Waals surface area (Å²) in [5.41, 5.74) is -0.602. The van der Waals surface area contributed by atoms with Crippen LogP contribution in [-0.4, -0.2) is 49.7 Å². The van der Waals surface area contributed by atoms with E-state index in [1.807, 2.05) is 13.8 Å². The van der Waals surface area contributed by atoms with Crippen molar-refractivity contribution in [2.24, 2.45) is 0 Å². The molecule has 0 aliphatic carbocycles. The smallest absolute Gasteiger partial charge is 0.327 e. The van der Waals surface area contributed by atoms with Crippen molar-refractivity contribution >= 4 is 5.97 Å². The first-order chi connectivity index (χ1) is 7.53. The molecule has 0 saturated heterocycles. The minimum absolute atomic E-state index is 0.191. The fraction of sp³-hybridized carbons (Fsp3) is 0.917. The van der Waals surface area contributed by atoms with E-state index in [0.29, 0.717) is 6.54 Å². The van der Waals surface area contributed by atoms with Gasteiger partial charge in [0.25, 0.3) is 0 Å². The van der Waals surface area contributed by atoms with Crippen molar-refractivity contribution in [3.63, 3.8) is 0 Å². The van der Waals surface area contributed by atoms with Crippen LogP contribution in [0.1, 0.15) is 34.1 Å². The zero-order chi connectivity index (χ0) is 12.6. The molecule has 0 fully saturated rings. The quantitative estimate of drug-likeness (QED) is 0.637. The highest BCUT2D eigenvalue weighted by atomic mass is 16.5. The Labute approximate surface area is 99.3 Å². The highest BCUT2D eigenvalue weighted by Gasteiger charge is 2.34. The molecule has 0 heterocycles. The number of ether oxygens (including phenoxy) is 1. The number of rotatable bonds is 8. The van der Waals surface area contributed by atoms with Crippen molar-refractivity contribution in [2.45, 2.75) is 39.7 Å². The van der Waals surface area contributed by atoms with Gasteiger partial charge in [-0.1, -0.05) is 20.8 Å². The second-order valence-electron chi connectivity index (χ2n) is 4.22. The molecule has 16 heavy (non-hydrogen) atoms. The predicted octanol–water partition coefficient (Wildman–Crippen LogP) is 1.26. The van der Waals surface area contributed by atoms with E-state index in [2.05, 4.69) is 24.1 Å². The summed E-state index contributed by atoms with van der Waals surface area (Å²) in [6, 6.07) is 0. The summed E-state index contributed by atoms with van der Waals surface area (Å²) in [6.07, 6.45) is 1.09. The van der Waals surface area contributed by atoms with Gasteiger partial charge in [0.05, 0.1) is 7.11 Å². The molecule has 4 nitrogen and oxygen atoms in total. The van der Waals surface area contributed by atoms with Crippen LogP contribution in [-0.2, 0) is 9.53 Å². The van der Waals surface area contributed by atoms with Crippen molar-refractivity contribution in [1.82, 2.24) is 10.2 Å². The lowest BCUT2D eigenvalue weighted by molar-refractivity contribution is -0.148. The standard InChI is InChI=1S/C12H26N2O2/c1-6-9-14(8-3)10-12(4,13-7-2)11(15)16-5/h13H,6-10H2,1-5H3. The van der Waals surface area contributed by atoms with Crippen molar-refractivity contribution < 1.29 is 9.53 Å². The number of nitrogens with zero attached hydrogens (tertiary/aromatic N) is 1. The molecular formula is C12H26N2O2. The predicted molar refractivity (Wildman–Crippen MR) is 66.5 cm³/mol. The van der Waals surface area contributed by atoms with Gasteiger partial charge in [0, 0.05) is 6.54 Å². The molecule has 0 saturated carbocycles. The first-order valence-electron chi connectivity index (χ1n) is 6.09. The van der Waals surface area contributed by atoms with E-state index in [1.54, 1.807) is 0 Å². The summed E-state index contributed by atoms with van der Waals surface area (Å²) >= 11 is 0. The zero-order valence-electron chi connectivity index (χ0n) is 11.3. The largest absolute Gasteiger partial charge is 0.468 e. The average Bonchev–Trinajstić information content (AvgIpc) is 2.27. The van der Waals surface area contributed by atoms with Gasteiger partial charge in [-0.25, -0.2) is 0 Å². The van der Waals surface area contributed by atoms with Gasteiger partial charge in [0.15, 0.2) is 0 Å². The molecule has 1 unspecified atom stereocenters. The highest BCUT2D eigenvalue weighted by molar-refractivity contribution is 5.80. The molecule has 1 N–H and O–H groups in total. The van der Waals surface area contributed by atoms with Crippen LogP contribution in [0.4, 0.5) is 0 Å². The maximum Gasteiger partial charge on any atom is 0.327 e. The Morgan fingerprint density at radius 3 is 2.38 bits per heavy atom. The monoisotopic (exact) mass is 230 g/mol. The fourth-order valence-corrected chi connectivity index (χ4v) is 1.92. The molecule has 0 bridgehead atoms. The number of nitrogens with one attached hydrogen (secondary N) is 1. The summed E-state index contributed by atoms with van der Waals surface area (Å²) in [7, 11) is 1.44. The Morgan fingerprint density at radius 1 is 1.38 bits per heavy atom. The van der Waals surface area contributed by atoms with Crippen LogP contribution in [0.3, 0.4) is 0 Å². The third kappa shape index (κ3) is 4.49.